The van der Waals surface area contributed by atoms with Crippen molar-refractivity contribution in [3.05, 3.63) is 59.7 Å². The monoisotopic (exact) mass is 367 g/mol. The van der Waals surface area contributed by atoms with E-state index in [0.29, 0.717) is 0 Å². The van der Waals surface area contributed by atoms with Gasteiger partial charge in [-0.1, -0.05) is 44.6 Å². The summed E-state index contributed by atoms with van der Waals surface area (Å²) in [7, 11) is 0. The molecular weight excluding hydrogens is 343 g/mol. The van der Waals surface area contributed by atoms with E-state index in [0.717, 1.165) is 6.42 Å². The third-order valence-electron chi connectivity index (χ3n) is 3.75. The molecule has 1 aliphatic carbocycles. The van der Waals surface area contributed by atoms with E-state index in [1.165, 1.54) is 30.7 Å². The van der Waals surface area contributed by atoms with Gasteiger partial charge in [-0.05, 0) is 17.4 Å². The second kappa shape index (κ2) is 7.09. The summed E-state index contributed by atoms with van der Waals surface area (Å²) >= 11 is 1.55. The van der Waals surface area contributed by atoms with Crippen LogP contribution in [0.2, 0.25) is 0 Å². The fraction of sp³-hybridized carbons (Fsp3) is 0.333. The number of benzene rings is 1. The molecule has 0 heterocycles. The number of hydrogen-bond acceptors (Lipinski definition) is 0. The van der Waals surface area contributed by atoms with E-state index in [1.54, 1.807) is 24.2 Å². The van der Waals surface area contributed by atoms with Crippen LogP contribution in [0, 0.1) is 5.41 Å². The van der Waals surface area contributed by atoms with Gasteiger partial charge in [0.15, 0.2) is 0 Å². The van der Waals surface area contributed by atoms with Crippen LogP contribution in [0.1, 0.15) is 46.6 Å². The fourth-order valence-electron chi connectivity index (χ4n) is 2.88. The molecule has 22 heavy (non-hydrogen) atoms. The first kappa shape index (κ1) is 17.4. The van der Waals surface area contributed by atoms with Crippen molar-refractivity contribution in [1.82, 2.24) is 0 Å². The van der Waals surface area contributed by atoms with Crippen LogP contribution in [0.15, 0.2) is 54.1 Å². The molecule has 3 rings (SSSR count). The summed E-state index contributed by atoms with van der Waals surface area (Å²) in [6.07, 6.45) is 5.66. The molecule has 1 aliphatic rings. The summed E-state index contributed by atoms with van der Waals surface area (Å²) in [5, 5.41) is 2.73. The molecule has 0 bridgehead atoms. The molecule has 0 atom stereocenters. The Hall–Kier alpha value is -0.937. The second-order valence-electron chi connectivity index (χ2n) is 7.08. The van der Waals surface area contributed by atoms with Crippen LogP contribution in [0.25, 0.3) is 16.3 Å². The maximum atomic E-state index is 2.30. The van der Waals surface area contributed by atoms with Gasteiger partial charge in [-0.25, -0.2) is 0 Å². The molecule has 0 saturated carbocycles. The van der Waals surface area contributed by atoms with Crippen molar-refractivity contribution in [3.8, 4) is 0 Å². The first-order valence-electron chi connectivity index (χ1n) is 7.87. The average molecular weight is 369 g/mol. The van der Waals surface area contributed by atoms with Gasteiger partial charge in [0.25, 0.3) is 0 Å². The minimum atomic E-state index is 0.223. The Labute approximate surface area is 149 Å². The Morgan fingerprint density at radius 1 is 1.14 bits per heavy atom. The van der Waals surface area contributed by atoms with E-state index in [9.17, 15) is 0 Å². The predicted molar refractivity (Wildman–Crippen MR) is 96.0 cm³/mol. The molecule has 2 aromatic rings. The van der Waals surface area contributed by atoms with Gasteiger partial charge in [-0.2, -0.15) is 0 Å². The zero-order chi connectivity index (χ0) is 16.3. The Morgan fingerprint density at radius 2 is 1.77 bits per heavy atom. The molecule has 0 aliphatic heterocycles. The summed E-state index contributed by atoms with van der Waals surface area (Å²) in [6.45, 7) is 11.1. The third kappa shape index (κ3) is 4.08. The number of rotatable bonds is 1. The van der Waals surface area contributed by atoms with Gasteiger partial charge >= 0.3 is 41.3 Å². The fourth-order valence-corrected chi connectivity index (χ4v) is 2.88. The number of allylic oxidation sites excluding steroid dienone is 4. The first-order chi connectivity index (χ1) is 10.3. The van der Waals surface area contributed by atoms with Gasteiger partial charge in [-0.3, -0.25) is 0 Å². The molecule has 1 heteroatoms. The van der Waals surface area contributed by atoms with Crippen LogP contribution in [0.3, 0.4) is 0 Å². The van der Waals surface area contributed by atoms with Crippen molar-refractivity contribution in [1.29, 1.82) is 0 Å². The minimum absolute atomic E-state index is 0.223. The quantitative estimate of drug-likeness (QED) is 0.536. The normalized spacial score (nSPS) is 14.2. The van der Waals surface area contributed by atoms with Gasteiger partial charge in [0, 0.05) is 0 Å². The zero-order valence-corrected chi connectivity index (χ0v) is 16.8. The predicted octanol–water partition coefficient (Wildman–Crippen LogP) is 6.06. The van der Waals surface area contributed by atoms with Gasteiger partial charge in [-0.15, -0.1) is 46.7 Å². The van der Waals surface area contributed by atoms with Gasteiger partial charge in [0.05, 0.1) is 0 Å². The topological polar surface area (TPSA) is 0 Å². The van der Waals surface area contributed by atoms with Crippen LogP contribution >= 0.6 is 0 Å². The van der Waals surface area contributed by atoms with Crippen molar-refractivity contribution >= 4 is 19.6 Å². The molecule has 114 valence electrons. The van der Waals surface area contributed by atoms with Crippen molar-refractivity contribution in [2.24, 2.45) is 5.41 Å². The van der Waals surface area contributed by atoms with Gasteiger partial charge < -0.3 is 0 Å². The number of fused-ring (bicyclic) bond motifs is 1. The van der Waals surface area contributed by atoms with Crippen LogP contribution in [0.5, 0.6) is 0 Å². The van der Waals surface area contributed by atoms with Crippen LogP contribution in [0.4, 0.5) is 0 Å². The van der Waals surface area contributed by atoms with E-state index >= 15 is 0 Å². The molecule has 0 radical (unpaired) electrons. The maximum absolute atomic E-state index is 2.30. The molecule has 0 nitrogen and oxygen atoms in total. The SMILES string of the molecule is CC(C)(C)C1=C(c2c[cH-]c3ccccc23)CC=C1.C[C](C)=[Zr]. The Kier molecular flexibility index (Phi) is 5.61. The van der Waals surface area contributed by atoms with Gasteiger partial charge in [0.2, 0.25) is 0 Å². The number of hydrogen-bond donors (Lipinski definition) is 0. The molecule has 0 amide bonds. The third-order valence-corrected chi connectivity index (χ3v) is 3.75. The van der Waals surface area contributed by atoms with Crippen LogP contribution in [-0.4, -0.2) is 3.21 Å². The van der Waals surface area contributed by atoms with E-state index in [1.807, 2.05) is 0 Å². The molecule has 0 saturated heterocycles. The standard InChI is InChI=1S/C18H19.C3H6.Zr/c1-18(2,3)17-10-6-9-16(17)15-12-11-13-7-4-5-8-14(13)15;1-3-2;/h4-8,10-12H,9H2,1-3H3;1-2H3;/q-1;;. The molecule has 0 fully saturated rings. The van der Waals surface area contributed by atoms with E-state index in [4.69, 9.17) is 0 Å². The van der Waals surface area contributed by atoms with Crippen molar-refractivity contribution < 1.29 is 24.2 Å². The van der Waals surface area contributed by atoms with Crippen molar-refractivity contribution in [3.63, 3.8) is 0 Å². The van der Waals surface area contributed by atoms with Crippen molar-refractivity contribution in [2.75, 3.05) is 0 Å². The summed E-state index contributed by atoms with van der Waals surface area (Å²) in [5.41, 5.74) is 4.63. The molecular formula is C21H25Zr-. The Balaban J connectivity index is 0.000000396. The van der Waals surface area contributed by atoms with E-state index in [-0.39, 0.29) is 5.41 Å². The van der Waals surface area contributed by atoms with Crippen molar-refractivity contribution in [2.45, 2.75) is 41.0 Å². The molecule has 0 unspecified atom stereocenters. The molecule has 0 N–H and O–H groups in total. The van der Waals surface area contributed by atoms with E-state index in [2.05, 4.69) is 83.2 Å². The summed E-state index contributed by atoms with van der Waals surface area (Å²) in [5.74, 6) is 0. The van der Waals surface area contributed by atoms with Crippen LogP contribution in [-0.2, 0) is 24.2 Å². The Morgan fingerprint density at radius 3 is 2.41 bits per heavy atom. The molecule has 0 spiro atoms. The molecule has 0 aromatic heterocycles. The summed E-state index contributed by atoms with van der Waals surface area (Å²) in [4.78, 5) is 0. The summed E-state index contributed by atoms with van der Waals surface area (Å²) < 4.78 is 1.51. The average Bonchev–Trinajstić information content (AvgIpc) is 3.03. The van der Waals surface area contributed by atoms with E-state index < -0.39 is 0 Å². The van der Waals surface area contributed by atoms with Gasteiger partial charge in [0.1, 0.15) is 0 Å². The zero-order valence-electron chi connectivity index (χ0n) is 14.3. The Bertz CT molecular complexity index is 729. The molecule has 2 aromatic carbocycles. The van der Waals surface area contributed by atoms with Crippen LogP contribution < -0.4 is 0 Å². The summed E-state index contributed by atoms with van der Waals surface area (Å²) in [6, 6.07) is 13.2. The second-order valence-corrected chi connectivity index (χ2v) is 9.54. The first-order valence-corrected chi connectivity index (χ1v) is 9.10.